The van der Waals surface area contributed by atoms with E-state index in [-0.39, 0.29) is 22.7 Å². The van der Waals surface area contributed by atoms with Gasteiger partial charge in [0.25, 0.3) is 0 Å². The molecule has 0 aliphatic carbocycles. The van der Waals surface area contributed by atoms with E-state index < -0.39 is 17.5 Å². The van der Waals surface area contributed by atoms with Crippen LogP contribution < -0.4 is 4.74 Å². The van der Waals surface area contributed by atoms with Gasteiger partial charge < -0.3 is 14.9 Å². The van der Waals surface area contributed by atoms with Gasteiger partial charge in [-0.3, -0.25) is 4.68 Å². The molecule has 1 aromatic carbocycles. The average molecular weight is 345 g/mol. The number of benzene rings is 1. The second-order valence-corrected chi connectivity index (χ2v) is 4.80. The van der Waals surface area contributed by atoms with Crippen molar-refractivity contribution in [2.24, 2.45) is 7.05 Å². The molecule has 0 aliphatic rings. The molecule has 8 heteroatoms. The molecule has 0 fully saturated rings. The van der Waals surface area contributed by atoms with E-state index in [1.165, 1.54) is 31.0 Å². The number of carboxylic acids is 1. The highest BCUT2D eigenvalue weighted by Gasteiger charge is 2.22. The lowest BCUT2D eigenvalue weighted by Crippen LogP contribution is -1.99. The number of nitrogens with zero attached hydrogens (tertiary/aromatic N) is 2. The van der Waals surface area contributed by atoms with Gasteiger partial charge >= 0.3 is 5.97 Å². The number of carbonyl (C=O) groups is 1. The third-order valence-corrected chi connectivity index (χ3v) is 3.32. The second kappa shape index (κ2) is 5.12. The van der Waals surface area contributed by atoms with Crippen LogP contribution in [-0.2, 0) is 7.05 Å². The van der Waals surface area contributed by atoms with Crippen molar-refractivity contribution in [2.45, 2.75) is 0 Å². The van der Waals surface area contributed by atoms with E-state index in [0.29, 0.717) is 4.47 Å². The summed E-state index contributed by atoms with van der Waals surface area (Å²) in [7, 11) is 2.77. The van der Waals surface area contributed by atoms with Gasteiger partial charge in [0.05, 0.1) is 17.3 Å². The summed E-state index contributed by atoms with van der Waals surface area (Å²) in [5.74, 6) is -2.91. The molecule has 2 N–H and O–H groups in total. The molecule has 6 nitrogen and oxygen atoms in total. The number of ether oxygens (including phenoxy) is 1. The molecule has 2 rings (SSSR count). The van der Waals surface area contributed by atoms with Crippen LogP contribution in [0.1, 0.15) is 10.5 Å². The third kappa shape index (κ3) is 2.22. The highest BCUT2D eigenvalue weighted by molar-refractivity contribution is 9.10. The Balaban J connectivity index is 2.67. The Hall–Kier alpha value is -2.09. The standard InChI is InChI=1S/C12H10BrFN2O4/c1-16-8(4-7(15-16)12(18)19)5-3-6(13)11(20-2)9(14)10(5)17/h3-4,17H,1-2H3,(H,18,19). The number of phenolic OH excluding ortho intramolecular Hbond substituents is 1. The maximum atomic E-state index is 14.0. The van der Waals surface area contributed by atoms with Crippen LogP contribution in [-0.4, -0.2) is 33.1 Å². The van der Waals surface area contributed by atoms with E-state index in [1.807, 2.05) is 0 Å². The zero-order chi connectivity index (χ0) is 15.0. The molecule has 1 aromatic heterocycles. The number of aromatic hydroxyl groups is 1. The molecular weight excluding hydrogens is 335 g/mol. The van der Waals surface area contributed by atoms with Crippen molar-refractivity contribution in [3.63, 3.8) is 0 Å². The van der Waals surface area contributed by atoms with Crippen LogP contribution in [0, 0.1) is 5.82 Å². The fourth-order valence-electron chi connectivity index (χ4n) is 1.80. The van der Waals surface area contributed by atoms with Gasteiger partial charge in [-0.05, 0) is 28.1 Å². The van der Waals surface area contributed by atoms with Crippen molar-refractivity contribution in [3.8, 4) is 22.8 Å². The fourth-order valence-corrected chi connectivity index (χ4v) is 2.36. The van der Waals surface area contributed by atoms with E-state index in [4.69, 9.17) is 9.84 Å². The summed E-state index contributed by atoms with van der Waals surface area (Å²) in [5.41, 5.74) is 0.175. The molecule has 0 bridgehead atoms. The van der Waals surface area contributed by atoms with E-state index in [1.54, 1.807) is 0 Å². The van der Waals surface area contributed by atoms with Gasteiger partial charge in [0.1, 0.15) is 0 Å². The Morgan fingerprint density at radius 2 is 2.15 bits per heavy atom. The molecule has 0 radical (unpaired) electrons. The lowest BCUT2D eigenvalue weighted by atomic mass is 10.1. The molecule has 2 aromatic rings. The summed E-state index contributed by atoms with van der Waals surface area (Å²) in [6.07, 6.45) is 0. The smallest absolute Gasteiger partial charge is 0.356 e. The van der Waals surface area contributed by atoms with Crippen LogP contribution in [0.15, 0.2) is 16.6 Å². The van der Waals surface area contributed by atoms with Gasteiger partial charge in [0.15, 0.2) is 17.2 Å². The van der Waals surface area contributed by atoms with Gasteiger partial charge in [-0.2, -0.15) is 9.49 Å². The Labute approximate surface area is 121 Å². The van der Waals surface area contributed by atoms with E-state index in [2.05, 4.69) is 21.0 Å². The first-order valence-electron chi connectivity index (χ1n) is 5.39. The summed E-state index contributed by atoms with van der Waals surface area (Å²) >= 11 is 3.13. The first-order chi connectivity index (χ1) is 9.36. The molecule has 0 atom stereocenters. The molecule has 0 unspecified atom stereocenters. The zero-order valence-electron chi connectivity index (χ0n) is 10.5. The first kappa shape index (κ1) is 14.3. The van der Waals surface area contributed by atoms with Crippen molar-refractivity contribution < 1.29 is 24.1 Å². The number of halogens is 2. The Morgan fingerprint density at radius 3 is 2.65 bits per heavy atom. The number of carboxylic acid groups (broad SMARTS) is 1. The fraction of sp³-hybridized carbons (Fsp3) is 0.167. The zero-order valence-corrected chi connectivity index (χ0v) is 12.1. The average Bonchev–Trinajstić information content (AvgIpc) is 2.77. The largest absolute Gasteiger partial charge is 0.504 e. The minimum absolute atomic E-state index is 0.109. The minimum atomic E-state index is -1.21. The first-order valence-corrected chi connectivity index (χ1v) is 6.18. The number of methoxy groups -OCH3 is 1. The lowest BCUT2D eigenvalue weighted by Gasteiger charge is -2.11. The van der Waals surface area contributed by atoms with Crippen molar-refractivity contribution in [1.29, 1.82) is 0 Å². The number of rotatable bonds is 3. The summed E-state index contributed by atoms with van der Waals surface area (Å²) in [6.45, 7) is 0. The summed E-state index contributed by atoms with van der Waals surface area (Å²) in [6, 6.07) is 2.68. The molecular formula is C12H10BrFN2O4. The normalized spacial score (nSPS) is 10.6. The minimum Gasteiger partial charge on any atom is -0.504 e. The van der Waals surface area contributed by atoms with Crippen molar-refractivity contribution in [2.75, 3.05) is 7.11 Å². The van der Waals surface area contributed by atoms with E-state index in [9.17, 15) is 14.3 Å². The molecule has 0 saturated carbocycles. The van der Waals surface area contributed by atoms with E-state index in [0.717, 1.165) is 0 Å². The van der Waals surface area contributed by atoms with Crippen molar-refractivity contribution >= 4 is 21.9 Å². The molecule has 0 saturated heterocycles. The van der Waals surface area contributed by atoms with Crippen LogP contribution in [0.3, 0.4) is 0 Å². The lowest BCUT2D eigenvalue weighted by molar-refractivity contribution is 0.0689. The summed E-state index contributed by atoms with van der Waals surface area (Å²) < 4.78 is 20.3. The maximum absolute atomic E-state index is 14.0. The highest BCUT2D eigenvalue weighted by atomic mass is 79.9. The van der Waals surface area contributed by atoms with Crippen LogP contribution in [0.4, 0.5) is 4.39 Å². The molecule has 0 spiro atoms. The van der Waals surface area contributed by atoms with Gasteiger partial charge in [0, 0.05) is 12.6 Å². The summed E-state index contributed by atoms with van der Waals surface area (Å²) in [4.78, 5) is 10.9. The van der Waals surface area contributed by atoms with Crippen LogP contribution >= 0.6 is 15.9 Å². The van der Waals surface area contributed by atoms with Crippen LogP contribution in [0.25, 0.3) is 11.3 Å². The number of aromatic nitrogens is 2. The van der Waals surface area contributed by atoms with E-state index >= 15 is 0 Å². The number of aryl methyl sites for hydroxylation is 1. The predicted molar refractivity (Wildman–Crippen MR) is 71.5 cm³/mol. The number of phenols is 1. The SMILES string of the molecule is COc1c(Br)cc(-c2cc(C(=O)O)nn2C)c(O)c1F. The topological polar surface area (TPSA) is 84.6 Å². The third-order valence-electron chi connectivity index (χ3n) is 2.73. The quantitative estimate of drug-likeness (QED) is 0.892. The Bertz CT molecular complexity index is 699. The van der Waals surface area contributed by atoms with Gasteiger partial charge in [0.2, 0.25) is 5.82 Å². The van der Waals surface area contributed by atoms with Crippen LogP contribution in [0.5, 0.6) is 11.5 Å². The molecule has 20 heavy (non-hydrogen) atoms. The molecule has 0 aliphatic heterocycles. The van der Waals surface area contributed by atoms with Crippen molar-refractivity contribution in [3.05, 3.63) is 28.1 Å². The maximum Gasteiger partial charge on any atom is 0.356 e. The number of hydrogen-bond acceptors (Lipinski definition) is 4. The van der Waals surface area contributed by atoms with Gasteiger partial charge in [-0.25, -0.2) is 4.79 Å². The number of aromatic carboxylic acids is 1. The monoisotopic (exact) mass is 344 g/mol. The highest BCUT2D eigenvalue weighted by Crippen LogP contribution is 2.41. The van der Waals surface area contributed by atoms with Crippen LogP contribution in [0.2, 0.25) is 0 Å². The summed E-state index contributed by atoms with van der Waals surface area (Å²) in [5, 5.41) is 22.6. The Morgan fingerprint density at radius 1 is 1.50 bits per heavy atom. The van der Waals surface area contributed by atoms with Gasteiger partial charge in [-0.15, -0.1) is 0 Å². The second-order valence-electron chi connectivity index (χ2n) is 3.95. The van der Waals surface area contributed by atoms with Gasteiger partial charge in [-0.1, -0.05) is 0 Å². The van der Waals surface area contributed by atoms with Crippen molar-refractivity contribution in [1.82, 2.24) is 9.78 Å². The number of hydrogen-bond donors (Lipinski definition) is 2. The molecule has 106 valence electrons. The predicted octanol–water partition coefficient (Wildman–Crippen LogP) is 2.40. The molecule has 1 heterocycles. The Kier molecular flexibility index (Phi) is 3.67. The molecule has 0 amide bonds.